The minimum Gasteiger partial charge on any atom is -0.496 e. The lowest BCUT2D eigenvalue weighted by Gasteiger charge is -2.20. The quantitative estimate of drug-likeness (QED) is 0.662. The number of methoxy groups -OCH3 is 1. The first kappa shape index (κ1) is 14.9. The van der Waals surface area contributed by atoms with Gasteiger partial charge in [-0.05, 0) is 40.2 Å². The molecule has 2 aromatic rings. The van der Waals surface area contributed by atoms with E-state index in [1.807, 2.05) is 0 Å². The van der Waals surface area contributed by atoms with Crippen molar-refractivity contribution in [2.75, 3.05) is 7.11 Å². The fourth-order valence-corrected chi connectivity index (χ4v) is 2.40. The summed E-state index contributed by atoms with van der Waals surface area (Å²) < 4.78 is 33.1. The Hall–Kier alpha value is -1.50. The van der Waals surface area contributed by atoms with Crippen LogP contribution in [0.1, 0.15) is 17.2 Å². The highest BCUT2D eigenvalue weighted by Gasteiger charge is 2.22. The number of hydrazine groups is 1. The SMILES string of the molecule is COc1ccc(F)cc1C(NN)c1cccc(Br)c1F. The molecule has 0 amide bonds. The van der Waals surface area contributed by atoms with Crippen molar-refractivity contribution < 1.29 is 13.5 Å². The van der Waals surface area contributed by atoms with Gasteiger partial charge in [0.2, 0.25) is 0 Å². The summed E-state index contributed by atoms with van der Waals surface area (Å²) in [5.74, 6) is 5.04. The zero-order valence-electron chi connectivity index (χ0n) is 10.7. The first-order chi connectivity index (χ1) is 9.58. The second-order valence-electron chi connectivity index (χ2n) is 4.13. The van der Waals surface area contributed by atoms with E-state index in [-0.39, 0.29) is 0 Å². The average molecular weight is 343 g/mol. The standard InChI is InChI=1S/C14H13BrF2N2O/c1-20-12-6-5-8(16)7-10(12)14(19-18)9-3-2-4-11(15)13(9)17/h2-7,14,19H,18H2,1H3. The van der Waals surface area contributed by atoms with Gasteiger partial charge < -0.3 is 4.74 Å². The van der Waals surface area contributed by atoms with Crippen molar-refractivity contribution in [1.82, 2.24) is 5.43 Å². The van der Waals surface area contributed by atoms with Gasteiger partial charge in [0.1, 0.15) is 17.4 Å². The summed E-state index contributed by atoms with van der Waals surface area (Å²) in [4.78, 5) is 0. The molecule has 20 heavy (non-hydrogen) atoms. The normalized spacial score (nSPS) is 12.2. The highest BCUT2D eigenvalue weighted by molar-refractivity contribution is 9.10. The number of hydrogen-bond acceptors (Lipinski definition) is 3. The predicted molar refractivity (Wildman–Crippen MR) is 76.2 cm³/mol. The van der Waals surface area contributed by atoms with Crippen LogP contribution in [-0.4, -0.2) is 7.11 Å². The molecule has 0 saturated carbocycles. The molecule has 0 aliphatic rings. The van der Waals surface area contributed by atoms with Gasteiger partial charge in [0.25, 0.3) is 0 Å². The van der Waals surface area contributed by atoms with E-state index in [4.69, 9.17) is 10.6 Å². The van der Waals surface area contributed by atoms with Crippen molar-refractivity contribution in [3.63, 3.8) is 0 Å². The van der Waals surface area contributed by atoms with Crippen LogP contribution in [0.2, 0.25) is 0 Å². The van der Waals surface area contributed by atoms with E-state index in [2.05, 4.69) is 21.4 Å². The summed E-state index contributed by atoms with van der Waals surface area (Å²) in [5.41, 5.74) is 3.22. The van der Waals surface area contributed by atoms with Gasteiger partial charge in [0.05, 0.1) is 17.6 Å². The van der Waals surface area contributed by atoms with Gasteiger partial charge in [-0.3, -0.25) is 5.84 Å². The third kappa shape index (κ3) is 2.82. The molecule has 1 unspecified atom stereocenters. The Labute approximate surface area is 123 Å². The zero-order valence-corrected chi connectivity index (χ0v) is 12.2. The summed E-state index contributed by atoms with van der Waals surface area (Å²) in [6.07, 6.45) is 0. The van der Waals surface area contributed by atoms with Crippen molar-refractivity contribution >= 4 is 15.9 Å². The summed E-state index contributed by atoms with van der Waals surface area (Å²) in [5, 5.41) is 0. The van der Waals surface area contributed by atoms with Crippen LogP contribution in [0.25, 0.3) is 0 Å². The lowest BCUT2D eigenvalue weighted by atomic mass is 9.98. The second-order valence-corrected chi connectivity index (χ2v) is 4.98. The van der Waals surface area contributed by atoms with Gasteiger partial charge in [-0.15, -0.1) is 0 Å². The second kappa shape index (κ2) is 6.30. The highest BCUT2D eigenvalue weighted by Crippen LogP contribution is 2.33. The molecule has 2 aromatic carbocycles. The van der Waals surface area contributed by atoms with E-state index in [1.54, 1.807) is 18.2 Å². The maximum Gasteiger partial charge on any atom is 0.142 e. The third-order valence-corrected chi connectivity index (χ3v) is 3.57. The Bertz CT molecular complexity index is 622. The third-order valence-electron chi connectivity index (χ3n) is 2.96. The number of rotatable bonds is 4. The molecule has 0 bridgehead atoms. The first-order valence-corrected chi connectivity index (χ1v) is 6.61. The fourth-order valence-electron chi connectivity index (χ4n) is 2.02. The van der Waals surface area contributed by atoms with E-state index in [9.17, 15) is 8.78 Å². The molecule has 0 aromatic heterocycles. The molecule has 0 saturated heterocycles. The summed E-state index contributed by atoms with van der Waals surface area (Å²) in [6, 6.07) is 8.13. The van der Waals surface area contributed by atoms with Crippen LogP contribution in [-0.2, 0) is 0 Å². The van der Waals surface area contributed by atoms with Crippen LogP contribution in [0, 0.1) is 11.6 Å². The van der Waals surface area contributed by atoms with E-state index in [1.165, 1.54) is 25.3 Å². The topological polar surface area (TPSA) is 47.3 Å². The van der Waals surface area contributed by atoms with Crippen LogP contribution in [0.5, 0.6) is 5.75 Å². The summed E-state index contributed by atoms with van der Waals surface area (Å²) in [7, 11) is 1.46. The van der Waals surface area contributed by atoms with E-state index in [0.29, 0.717) is 21.3 Å². The molecule has 2 rings (SSSR count). The number of hydrogen-bond donors (Lipinski definition) is 2. The Morgan fingerprint density at radius 2 is 1.95 bits per heavy atom. The maximum absolute atomic E-state index is 14.2. The van der Waals surface area contributed by atoms with E-state index < -0.39 is 17.7 Å². The molecule has 0 radical (unpaired) electrons. The maximum atomic E-state index is 14.2. The molecule has 106 valence electrons. The number of benzene rings is 2. The lowest BCUT2D eigenvalue weighted by molar-refractivity contribution is 0.401. The monoisotopic (exact) mass is 342 g/mol. The van der Waals surface area contributed by atoms with Crippen molar-refractivity contribution in [1.29, 1.82) is 0 Å². The van der Waals surface area contributed by atoms with Crippen LogP contribution in [0.4, 0.5) is 8.78 Å². The fraction of sp³-hybridized carbons (Fsp3) is 0.143. The van der Waals surface area contributed by atoms with Crippen LogP contribution in [0.3, 0.4) is 0 Å². The Kier molecular flexibility index (Phi) is 4.69. The number of nitrogens with two attached hydrogens (primary N) is 1. The van der Waals surface area contributed by atoms with Crippen LogP contribution in [0.15, 0.2) is 40.9 Å². The first-order valence-electron chi connectivity index (χ1n) is 5.82. The summed E-state index contributed by atoms with van der Waals surface area (Å²) >= 11 is 3.12. The smallest absolute Gasteiger partial charge is 0.142 e. The minimum absolute atomic E-state index is 0.297. The molecule has 1 atom stereocenters. The lowest BCUT2D eigenvalue weighted by Crippen LogP contribution is -2.30. The van der Waals surface area contributed by atoms with Gasteiger partial charge in [0, 0.05) is 11.1 Å². The number of halogens is 3. The largest absolute Gasteiger partial charge is 0.496 e. The molecular weight excluding hydrogens is 330 g/mol. The van der Waals surface area contributed by atoms with Crippen molar-refractivity contribution in [3.05, 3.63) is 63.6 Å². The van der Waals surface area contributed by atoms with Crippen LogP contribution >= 0.6 is 15.9 Å². The summed E-state index contributed by atoms with van der Waals surface area (Å²) in [6.45, 7) is 0. The van der Waals surface area contributed by atoms with Gasteiger partial charge in [-0.1, -0.05) is 12.1 Å². The molecule has 0 fully saturated rings. The Morgan fingerprint density at radius 1 is 1.20 bits per heavy atom. The van der Waals surface area contributed by atoms with Gasteiger partial charge >= 0.3 is 0 Å². The van der Waals surface area contributed by atoms with E-state index in [0.717, 1.165) is 0 Å². The Morgan fingerprint density at radius 3 is 2.60 bits per heavy atom. The average Bonchev–Trinajstić information content (AvgIpc) is 2.44. The van der Waals surface area contributed by atoms with E-state index >= 15 is 0 Å². The minimum atomic E-state index is -0.724. The molecule has 0 spiro atoms. The van der Waals surface area contributed by atoms with Gasteiger partial charge in [0.15, 0.2) is 0 Å². The van der Waals surface area contributed by atoms with Crippen molar-refractivity contribution in [2.24, 2.45) is 5.84 Å². The van der Waals surface area contributed by atoms with Gasteiger partial charge in [-0.25, -0.2) is 14.2 Å². The molecule has 0 heterocycles. The van der Waals surface area contributed by atoms with Crippen molar-refractivity contribution in [3.8, 4) is 5.75 Å². The molecule has 6 heteroatoms. The van der Waals surface area contributed by atoms with Crippen molar-refractivity contribution in [2.45, 2.75) is 6.04 Å². The molecular formula is C14H13BrF2N2O. The zero-order chi connectivity index (χ0) is 14.7. The number of ether oxygens (including phenoxy) is 1. The molecule has 0 aliphatic heterocycles. The molecule has 3 nitrogen and oxygen atoms in total. The van der Waals surface area contributed by atoms with Crippen LogP contribution < -0.4 is 16.0 Å². The molecule has 3 N–H and O–H groups in total. The molecule has 0 aliphatic carbocycles. The van der Waals surface area contributed by atoms with Gasteiger partial charge in [-0.2, -0.15) is 0 Å². The number of nitrogens with one attached hydrogen (secondary N) is 1. The predicted octanol–water partition coefficient (Wildman–Crippen LogP) is 3.29. The highest BCUT2D eigenvalue weighted by atomic mass is 79.9. The Balaban J connectivity index is 2.58.